The van der Waals surface area contributed by atoms with Crippen molar-refractivity contribution in [1.82, 2.24) is 10.4 Å². The molecular formula is C12H20N2O. The van der Waals surface area contributed by atoms with Crippen LogP contribution in [0.25, 0.3) is 0 Å². The molecule has 3 heteroatoms. The van der Waals surface area contributed by atoms with Crippen molar-refractivity contribution in [2.24, 2.45) is 11.8 Å². The fraction of sp³-hybridized carbons (Fsp3) is 0.750. The van der Waals surface area contributed by atoms with Crippen molar-refractivity contribution in [3.8, 4) is 0 Å². The number of hydrogen-bond donors (Lipinski definition) is 1. The lowest BCUT2D eigenvalue weighted by Gasteiger charge is -2.29. The maximum atomic E-state index is 11.5. The van der Waals surface area contributed by atoms with E-state index in [0.717, 1.165) is 6.42 Å². The first-order chi connectivity index (χ1) is 7.11. The van der Waals surface area contributed by atoms with E-state index in [4.69, 9.17) is 0 Å². The molecule has 0 bridgehead atoms. The third kappa shape index (κ3) is 1.75. The molecule has 0 saturated carbocycles. The molecule has 2 aliphatic rings. The minimum Gasteiger partial charge on any atom is -0.300 e. The molecule has 3 nitrogen and oxygen atoms in total. The molecule has 1 aliphatic carbocycles. The second-order valence-corrected chi connectivity index (χ2v) is 4.93. The molecule has 1 N–H and O–H groups in total. The fourth-order valence-electron chi connectivity index (χ4n) is 2.83. The zero-order valence-corrected chi connectivity index (χ0v) is 9.79. The second-order valence-electron chi connectivity index (χ2n) is 4.93. The van der Waals surface area contributed by atoms with Gasteiger partial charge in [-0.05, 0) is 25.2 Å². The van der Waals surface area contributed by atoms with E-state index in [2.05, 4.69) is 25.3 Å². The SMILES string of the molecule is CC(=O)N1NC2=CCCCC2C1C(C)C. The van der Waals surface area contributed by atoms with Crippen LogP contribution in [0.3, 0.4) is 0 Å². The van der Waals surface area contributed by atoms with Crippen LogP contribution in [0, 0.1) is 11.8 Å². The van der Waals surface area contributed by atoms with Crippen LogP contribution in [-0.2, 0) is 4.79 Å². The van der Waals surface area contributed by atoms with Crippen molar-refractivity contribution >= 4 is 5.91 Å². The van der Waals surface area contributed by atoms with Crippen LogP contribution in [0.1, 0.15) is 40.0 Å². The minimum atomic E-state index is 0.129. The highest BCUT2D eigenvalue weighted by Gasteiger charge is 2.41. The molecule has 15 heavy (non-hydrogen) atoms. The Hall–Kier alpha value is -0.990. The lowest BCUT2D eigenvalue weighted by molar-refractivity contribution is -0.133. The van der Waals surface area contributed by atoms with E-state index in [0.29, 0.717) is 17.9 Å². The Bertz CT molecular complexity index is 294. The van der Waals surface area contributed by atoms with E-state index in [1.807, 2.05) is 5.01 Å². The third-order valence-electron chi connectivity index (χ3n) is 3.47. The summed E-state index contributed by atoms with van der Waals surface area (Å²) in [5.74, 6) is 1.18. The Labute approximate surface area is 91.5 Å². The molecular weight excluding hydrogens is 188 g/mol. The van der Waals surface area contributed by atoms with Crippen LogP contribution in [0.2, 0.25) is 0 Å². The van der Waals surface area contributed by atoms with Crippen LogP contribution in [0.5, 0.6) is 0 Å². The molecule has 2 atom stereocenters. The number of nitrogens with zero attached hydrogens (tertiary/aromatic N) is 1. The molecule has 1 amide bonds. The van der Waals surface area contributed by atoms with E-state index < -0.39 is 0 Å². The summed E-state index contributed by atoms with van der Waals surface area (Å²) in [5.41, 5.74) is 4.54. The lowest BCUT2D eigenvalue weighted by Crippen LogP contribution is -2.44. The van der Waals surface area contributed by atoms with Gasteiger partial charge in [0.25, 0.3) is 0 Å². The van der Waals surface area contributed by atoms with Gasteiger partial charge in [-0.1, -0.05) is 19.9 Å². The molecule has 0 aromatic carbocycles. The van der Waals surface area contributed by atoms with Crippen molar-refractivity contribution in [2.45, 2.75) is 46.1 Å². The molecule has 1 fully saturated rings. The van der Waals surface area contributed by atoms with Gasteiger partial charge in [0, 0.05) is 18.5 Å². The summed E-state index contributed by atoms with van der Waals surface area (Å²) < 4.78 is 0. The van der Waals surface area contributed by atoms with Crippen molar-refractivity contribution in [2.75, 3.05) is 0 Å². The second kappa shape index (κ2) is 3.87. The summed E-state index contributed by atoms with van der Waals surface area (Å²) in [5, 5.41) is 1.83. The third-order valence-corrected chi connectivity index (χ3v) is 3.47. The maximum absolute atomic E-state index is 11.5. The van der Waals surface area contributed by atoms with Gasteiger partial charge in [0.1, 0.15) is 0 Å². The molecule has 1 saturated heterocycles. The number of carbonyl (C=O) groups is 1. The summed E-state index contributed by atoms with van der Waals surface area (Å²) in [6.07, 6.45) is 5.87. The van der Waals surface area contributed by atoms with Crippen molar-refractivity contribution in [1.29, 1.82) is 0 Å². The van der Waals surface area contributed by atoms with Gasteiger partial charge in [-0.3, -0.25) is 15.2 Å². The Morgan fingerprint density at radius 3 is 2.93 bits per heavy atom. The summed E-state index contributed by atoms with van der Waals surface area (Å²) in [6.45, 7) is 6.03. The van der Waals surface area contributed by atoms with Gasteiger partial charge in [-0.2, -0.15) is 0 Å². The van der Waals surface area contributed by atoms with E-state index in [-0.39, 0.29) is 5.91 Å². The number of carbonyl (C=O) groups excluding carboxylic acids is 1. The van der Waals surface area contributed by atoms with Gasteiger partial charge in [0.2, 0.25) is 5.91 Å². The largest absolute Gasteiger partial charge is 0.300 e. The predicted octanol–water partition coefficient (Wildman–Crippen LogP) is 2.06. The maximum Gasteiger partial charge on any atom is 0.238 e. The van der Waals surface area contributed by atoms with Gasteiger partial charge in [-0.15, -0.1) is 0 Å². The number of hydrogen-bond acceptors (Lipinski definition) is 2. The Balaban J connectivity index is 2.26. The number of amides is 1. The molecule has 0 aromatic rings. The molecule has 0 aromatic heterocycles. The van der Waals surface area contributed by atoms with Crippen molar-refractivity contribution < 1.29 is 4.79 Å². The van der Waals surface area contributed by atoms with Gasteiger partial charge >= 0.3 is 0 Å². The van der Waals surface area contributed by atoms with Crippen LogP contribution in [0.4, 0.5) is 0 Å². The molecule has 0 spiro atoms. The minimum absolute atomic E-state index is 0.129. The average Bonchev–Trinajstić information content (AvgIpc) is 2.56. The smallest absolute Gasteiger partial charge is 0.238 e. The summed E-state index contributed by atoms with van der Waals surface area (Å²) >= 11 is 0. The Morgan fingerprint density at radius 1 is 1.60 bits per heavy atom. The van der Waals surface area contributed by atoms with Crippen LogP contribution in [-0.4, -0.2) is 17.0 Å². The highest BCUT2D eigenvalue weighted by Crippen LogP contribution is 2.36. The van der Waals surface area contributed by atoms with Crippen molar-refractivity contribution in [3.63, 3.8) is 0 Å². The number of hydrazine groups is 1. The van der Waals surface area contributed by atoms with Crippen molar-refractivity contribution in [3.05, 3.63) is 11.8 Å². The van der Waals surface area contributed by atoms with Crippen LogP contribution in [0.15, 0.2) is 11.8 Å². The van der Waals surface area contributed by atoms with Gasteiger partial charge in [0.15, 0.2) is 0 Å². The number of fused-ring (bicyclic) bond motifs is 1. The van der Waals surface area contributed by atoms with Gasteiger partial charge in [0.05, 0.1) is 6.04 Å². The summed E-state index contributed by atoms with van der Waals surface area (Å²) in [6, 6.07) is 0.342. The first kappa shape index (κ1) is 10.5. The molecule has 0 radical (unpaired) electrons. The van der Waals surface area contributed by atoms with Gasteiger partial charge in [-0.25, -0.2) is 0 Å². The summed E-state index contributed by atoms with van der Waals surface area (Å²) in [7, 11) is 0. The van der Waals surface area contributed by atoms with Crippen LogP contribution < -0.4 is 5.43 Å². The number of allylic oxidation sites excluding steroid dienone is 1. The normalized spacial score (nSPS) is 29.9. The highest BCUT2D eigenvalue weighted by atomic mass is 16.2. The molecule has 2 unspecified atom stereocenters. The Kier molecular flexibility index (Phi) is 2.72. The topological polar surface area (TPSA) is 32.3 Å². The molecule has 1 aliphatic heterocycles. The molecule has 84 valence electrons. The standard InChI is InChI=1S/C12H20N2O/c1-8(2)12-10-6-4-5-7-11(10)13-14(12)9(3)15/h7-8,10,12-13H,4-6H2,1-3H3. The zero-order valence-electron chi connectivity index (χ0n) is 9.79. The fourth-order valence-corrected chi connectivity index (χ4v) is 2.83. The van der Waals surface area contributed by atoms with E-state index in [1.165, 1.54) is 18.5 Å². The average molecular weight is 208 g/mol. The number of nitrogens with one attached hydrogen (secondary N) is 1. The summed E-state index contributed by atoms with van der Waals surface area (Å²) in [4.78, 5) is 11.5. The Morgan fingerprint density at radius 2 is 2.33 bits per heavy atom. The highest BCUT2D eigenvalue weighted by molar-refractivity contribution is 5.74. The molecule has 1 heterocycles. The predicted molar refractivity (Wildman–Crippen MR) is 59.7 cm³/mol. The van der Waals surface area contributed by atoms with E-state index in [9.17, 15) is 4.79 Å². The molecule has 2 rings (SSSR count). The van der Waals surface area contributed by atoms with E-state index in [1.54, 1.807) is 6.92 Å². The quantitative estimate of drug-likeness (QED) is 0.715. The lowest BCUT2D eigenvalue weighted by atomic mass is 9.83. The first-order valence-corrected chi connectivity index (χ1v) is 5.87. The first-order valence-electron chi connectivity index (χ1n) is 5.87. The number of rotatable bonds is 1. The monoisotopic (exact) mass is 208 g/mol. The van der Waals surface area contributed by atoms with Crippen LogP contribution >= 0.6 is 0 Å². The van der Waals surface area contributed by atoms with E-state index >= 15 is 0 Å². The zero-order chi connectivity index (χ0) is 11.0. The van der Waals surface area contributed by atoms with Gasteiger partial charge < -0.3 is 0 Å².